The van der Waals surface area contributed by atoms with Gasteiger partial charge in [-0.3, -0.25) is 18.6 Å². The first-order valence-electron chi connectivity index (χ1n) is 32.3. The Kier molecular flexibility index (Phi) is 54.2. The molecule has 0 aliphatic carbocycles. The smallest absolute Gasteiger partial charge is 0.456 e. The van der Waals surface area contributed by atoms with Crippen LogP contribution in [0.5, 0.6) is 0 Å². The Hall–Kier alpha value is -1.77. The molecule has 0 fully saturated rings. The molecule has 0 aliphatic rings. The molecule has 3 unspecified atom stereocenters. The van der Waals surface area contributed by atoms with E-state index in [4.69, 9.17) is 13.8 Å². The lowest BCUT2D eigenvalue weighted by molar-refractivity contribution is -0.870. The Balaban J connectivity index is 5.16. The molecule has 0 aromatic carbocycles. The molecular weight excluding hydrogens is 952 g/mol. The number of amides is 1. The Labute approximate surface area is 466 Å². The standard InChI is InChI=1S/C65H125N2O7P/c1-7-10-13-16-19-22-25-27-29-31-33-35-37-39-42-45-48-51-54-57-64(68)66-62(61-73-75(70,71)72-60-59-67(4,5)6)63(56-53-50-47-44-41-24-21-18-15-12-9-3)74-65(69)58-55-52-49-46-43-40-38-36-34-32-30-28-26-23-20-17-14-11-8-2/h27-30,53,56,62-63H,7-26,31-52,54-55,57-61H2,1-6H3,(H-,66,68,70,71)/p+1/b29-27+,30-28+,56-53+. The van der Waals surface area contributed by atoms with E-state index in [1.54, 1.807) is 0 Å². The molecule has 9 nitrogen and oxygen atoms in total. The van der Waals surface area contributed by atoms with Crippen molar-refractivity contribution >= 4 is 19.7 Å². The molecule has 0 radical (unpaired) electrons. The summed E-state index contributed by atoms with van der Waals surface area (Å²) in [5.41, 5.74) is 0. The maximum Gasteiger partial charge on any atom is 0.472 e. The number of esters is 1. The minimum atomic E-state index is -4.45. The number of rotatable bonds is 59. The third kappa shape index (κ3) is 56.8. The molecule has 0 saturated heterocycles. The van der Waals surface area contributed by atoms with Gasteiger partial charge in [-0.05, 0) is 83.1 Å². The van der Waals surface area contributed by atoms with Crippen molar-refractivity contribution in [2.45, 2.75) is 328 Å². The number of allylic oxidation sites excluding steroid dienone is 5. The lowest BCUT2D eigenvalue weighted by Gasteiger charge is -2.27. The molecule has 0 rings (SSSR count). The van der Waals surface area contributed by atoms with Crippen LogP contribution in [0.3, 0.4) is 0 Å². The maximum atomic E-state index is 13.5. The highest BCUT2D eigenvalue weighted by atomic mass is 31.2. The fraction of sp³-hybridized carbons (Fsp3) is 0.877. The largest absolute Gasteiger partial charge is 0.472 e. The van der Waals surface area contributed by atoms with Crippen molar-refractivity contribution in [2.24, 2.45) is 0 Å². The average Bonchev–Trinajstić information content (AvgIpc) is 3.37. The second-order valence-corrected chi connectivity index (χ2v) is 24.7. The van der Waals surface area contributed by atoms with Crippen LogP contribution >= 0.6 is 7.82 Å². The van der Waals surface area contributed by atoms with Crippen LogP contribution in [-0.2, 0) is 27.9 Å². The SMILES string of the molecule is CCCCCCCC/C=C/CCCCCCCCCCCC(=O)NC(COP(=O)(O)OCC[N+](C)(C)C)C(/C=C/CCCCCCCCCCC)OC(=O)CCCCCCCCCCC/C=C/CCCCCCCC. The number of quaternary nitrogens is 1. The minimum absolute atomic E-state index is 0.0413. The van der Waals surface area contributed by atoms with E-state index in [2.05, 4.69) is 50.4 Å². The zero-order valence-electron chi connectivity index (χ0n) is 50.6. The molecule has 0 bridgehead atoms. The molecule has 0 aliphatic heterocycles. The number of ether oxygens (including phenoxy) is 1. The van der Waals surface area contributed by atoms with Gasteiger partial charge < -0.3 is 19.4 Å². The van der Waals surface area contributed by atoms with E-state index in [-0.39, 0.29) is 25.1 Å². The molecule has 1 amide bonds. The molecule has 2 N–H and O–H groups in total. The summed E-state index contributed by atoms with van der Waals surface area (Å²) < 4.78 is 30.7. The average molecular weight is 1080 g/mol. The van der Waals surface area contributed by atoms with Crippen molar-refractivity contribution in [1.82, 2.24) is 5.32 Å². The molecule has 3 atom stereocenters. The van der Waals surface area contributed by atoms with Crippen LogP contribution in [0.15, 0.2) is 36.5 Å². The zero-order chi connectivity index (χ0) is 55.0. The van der Waals surface area contributed by atoms with Crippen molar-refractivity contribution in [3.8, 4) is 0 Å². The third-order valence-electron chi connectivity index (χ3n) is 14.6. The zero-order valence-corrected chi connectivity index (χ0v) is 51.5. The number of carbonyl (C=O) groups is 2. The molecular formula is C65H126N2O7P+. The molecule has 0 spiro atoms. The van der Waals surface area contributed by atoms with Crippen LogP contribution in [0.2, 0.25) is 0 Å². The van der Waals surface area contributed by atoms with Crippen molar-refractivity contribution in [2.75, 3.05) is 40.9 Å². The molecule has 0 saturated carbocycles. The molecule has 0 aromatic rings. The van der Waals surface area contributed by atoms with Crippen LogP contribution in [-0.4, -0.2) is 74.3 Å². The summed E-state index contributed by atoms with van der Waals surface area (Å²) in [6.07, 6.45) is 67.1. The number of phosphoric acid groups is 1. The van der Waals surface area contributed by atoms with Crippen LogP contribution in [0.25, 0.3) is 0 Å². The van der Waals surface area contributed by atoms with Crippen LogP contribution in [0.4, 0.5) is 0 Å². The monoisotopic (exact) mass is 1080 g/mol. The lowest BCUT2D eigenvalue weighted by atomic mass is 10.0. The number of phosphoric ester groups is 1. The Bertz CT molecular complexity index is 1380. The Morgan fingerprint density at radius 3 is 1.13 bits per heavy atom. The normalized spacial score (nSPS) is 13.9. The van der Waals surface area contributed by atoms with E-state index in [1.165, 1.54) is 225 Å². The summed E-state index contributed by atoms with van der Waals surface area (Å²) in [5, 5.41) is 3.06. The highest BCUT2D eigenvalue weighted by Gasteiger charge is 2.30. The van der Waals surface area contributed by atoms with Crippen LogP contribution < -0.4 is 5.32 Å². The fourth-order valence-electron chi connectivity index (χ4n) is 9.52. The van der Waals surface area contributed by atoms with E-state index in [1.807, 2.05) is 33.3 Å². The number of nitrogens with zero attached hydrogens (tertiary/aromatic N) is 1. The second kappa shape index (κ2) is 55.5. The minimum Gasteiger partial charge on any atom is -0.456 e. The molecule has 75 heavy (non-hydrogen) atoms. The quantitative estimate of drug-likeness (QED) is 0.0205. The van der Waals surface area contributed by atoms with Gasteiger partial charge in [-0.15, -0.1) is 0 Å². The van der Waals surface area contributed by atoms with Gasteiger partial charge >= 0.3 is 13.8 Å². The molecule has 0 heterocycles. The number of hydrogen-bond donors (Lipinski definition) is 2. The van der Waals surface area contributed by atoms with Crippen molar-refractivity contribution in [3.05, 3.63) is 36.5 Å². The van der Waals surface area contributed by atoms with Gasteiger partial charge in [-0.1, -0.05) is 257 Å². The number of nitrogens with one attached hydrogen (secondary N) is 1. The number of hydrogen-bond acceptors (Lipinski definition) is 6. The lowest BCUT2D eigenvalue weighted by Crippen LogP contribution is -2.47. The van der Waals surface area contributed by atoms with E-state index >= 15 is 0 Å². The van der Waals surface area contributed by atoms with Crippen molar-refractivity contribution in [3.63, 3.8) is 0 Å². The summed E-state index contributed by atoms with van der Waals surface area (Å²) >= 11 is 0. The summed E-state index contributed by atoms with van der Waals surface area (Å²) in [6, 6.07) is -0.847. The fourth-order valence-corrected chi connectivity index (χ4v) is 10.3. The molecule has 0 aromatic heterocycles. The molecule has 10 heteroatoms. The van der Waals surface area contributed by atoms with Gasteiger partial charge in [0.25, 0.3) is 0 Å². The van der Waals surface area contributed by atoms with E-state index in [0.717, 1.165) is 57.8 Å². The van der Waals surface area contributed by atoms with Gasteiger partial charge in [-0.25, -0.2) is 4.57 Å². The highest BCUT2D eigenvalue weighted by Crippen LogP contribution is 2.43. The summed E-state index contributed by atoms with van der Waals surface area (Å²) in [7, 11) is 1.50. The van der Waals surface area contributed by atoms with Gasteiger partial charge in [0.1, 0.15) is 19.3 Å². The summed E-state index contributed by atoms with van der Waals surface area (Å²) in [6.45, 7) is 7.03. The Morgan fingerprint density at radius 2 is 0.773 bits per heavy atom. The predicted octanol–water partition coefficient (Wildman–Crippen LogP) is 19.9. The number of unbranched alkanes of at least 4 members (excludes halogenated alkanes) is 39. The summed E-state index contributed by atoms with van der Waals surface area (Å²) in [5.74, 6) is -0.498. The first kappa shape index (κ1) is 73.2. The van der Waals surface area contributed by atoms with Crippen molar-refractivity contribution in [1.29, 1.82) is 0 Å². The van der Waals surface area contributed by atoms with Gasteiger partial charge in [0, 0.05) is 12.8 Å². The third-order valence-corrected chi connectivity index (χ3v) is 15.5. The van der Waals surface area contributed by atoms with Crippen LogP contribution in [0, 0.1) is 0 Å². The maximum absolute atomic E-state index is 13.5. The number of likely N-dealkylation sites (N-methyl/N-ethyl adjacent to an activating group) is 1. The highest BCUT2D eigenvalue weighted by molar-refractivity contribution is 7.47. The van der Waals surface area contributed by atoms with E-state index in [0.29, 0.717) is 23.9 Å². The molecule has 442 valence electrons. The van der Waals surface area contributed by atoms with E-state index < -0.39 is 20.0 Å². The predicted molar refractivity (Wildman–Crippen MR) is 323 cm³/mol. The van der Waals surface area contributed by atoms with Gasteiger partial charge in [0.15, 0.2) is 0 Å². The van der Waals surface area contributed by atoms with Crippen LogP contribution in [0.1, 0.15) is 316 Å². The summed E-state index contributed by atoms with van der Waals surface area (Å²) in [4.78, 5) is 37.7. The van der Waals surface area contributed by atoms with E-state index in [9.17, 15) is 19.0 Å². The Morgan fingerprint density at radius 1 is 0.453 bits per heavy atom. The number of carbonyl (C=O) groups excluding carboxylic acids is 2. The first-order chi connectivity index (χ1) is 36.4. The topological polar surface area (TPSA) is 111 Å². The second-order valence-electron chi connectivity index (χ2n) is 23.3. The van der Waals surface area contributed by atoms with Gasteiger partial charge in [0.05, 0.1) is 33.8 Å². The van der Waals surface area contributed by atoms with Gasteiger partial charge in [-0.2, -0.15) is 0 Å². The van der Waals surface area contributed by atoms with Crippen molar-refractivity contribution < 1.29 is 37.3 Å². The van der Waals surface area contributed by atoms with Gasteiger partial charge in [0.2, 0.25) is 5.91 Å². The first-order valence-corrected chi connectivity index (χ1v) is 33.8.